The minimum Gasteiger partial charge on any atom is -0.363 e. The molecule has 1 aliphatic rings. The topological polar surface area (TPSA) is 61.4 Å². The van der Waals surface area contributed by atoms with Gasteiger partial charge in [0.05, 0.1) is 0 Å². The summed E-state index contributed by atoms with van der Waals surface area (Å²) in [5.41, 5.74) is 0. The highest BCUT2D eigenvalue weighted by Gasteiger charge is 2.31. The van der Waals surface area contributed by atoms with Crippen LogP contribution in [0.1, 0.15) is 30.1 Å². The molecule has 0 aliphatic carbocycles. The number of carbonyl (C=O) groups excluding carboxylic acids is 1. The SMILES string of the molecule is CCN(CC)C1CCN(C(=O)c2nnc(NC)s2)C1. The molecule has 1 atom stereocenters. The molecule has 0 spiro atoms. The first-order valence-electron chi connectivity index (χ1n) is 6.74. The average Bonchev–Trinajstić information content (AvgIpc) is 3.08. The van der Waals surface area contributed by atoms with Crippen molar-refractivity contribution in [2.75, 3.05) is 38.5 Å². The minimum absolute atomic E-state index is 0.00801. The molecule has 1 aromatic rings. The van der Waals surface area contributed by atoms with Gasteiger partial charge in [0.15, 0.2) is 0 Å². The number of likely N-dealkylation sites (tertiary alicyclic amines) is 1. The van der Waals surface area contributed by atoms with Gasteiger partial charge in [-0.1, -0.05) is 25.2 Å². The summed E-state index contributed by atoms with van der Waals surface area (Å²) >= 11 is 1.31. The number of hydrogen-bond acceptors (Lipinski definition) is 6. The lowest BCUT2D eigenvalue weighted by atomic mass is 10.2. The number of carbonyl (C=O) groups is 1. The quantitative estimate of drug-likeness (QED) is 0.878. The van der Waals surface area contributed by atoms with Crippen molar-refractivity contribution in [1.82, 2.24) is 20.0 Å². The van der Waals surface area contributed by atoms with Crippen molar-refractivity contribution < 1.29 is 4.79 Å². The summed E-state index contributed by atoms with van der Waals surface area (Å²) < 4.78 is 0. The predicted molar refractivity (Wildman–Crippen MR) is 76.7 cm³/mol. The number of amides is 1. The molecule has 0 aromatic carbocycles. The molecule has 1 N–H and O–H groups in total. The van der Waals surface area contributed by atoms with E-state index in [0.717, 1.165) is 32.6 Å². The van der Waals surface area contributed by atoms with Crippen molar-refractivity contribution in [2.45, 2.75) is 26.3 Å². The molecule has 2 rings (SSSR count). The summed E-state index contributed by atoms with van der Waals surface area (Å²) in [6.07, 6.45) is 1.05. The second-order valence-electron chi connectivity index (χ2n) is 4.58. The zero-order chi connectivity index (χ0) is 13.8. The Morgan fingerprint density at radius 2 is 2.21 bits per heavy atom. The fraction of sp³-hybridized carbons (Fsp3) is 0.750. The number of rotatable bonds is 5. The monoisotopic (exact) mass is 283 g/mol. The Hall–Kier alpha value is -1.21. The van der Waals surface area contributed by atoms with E-state index in [0.29, 0.717) is 16.2 Å². The maximum absolute atomic E-state index is 12.3. The standard InChI is InChI=1S/C12H21N5OS/c1-4-16(5-2)9-6-7-17(8-9)11(18)10-14-15-12(13-3)19-10/h9H,4-8H2,1-3H3,(H,13,15). The minimum atomic E-state index is 0.00801. The summed E-state index contributed by atoms with van der Waals surface area (Å²) in [5, 5.41) is 11.9. The Morgan fingerprint density at radius 1 is 1.47 bits per heavy atom. The molecular formula is C12H21N5OS. The molecule has 106 valence electrons. The molecule has 0 bridgehead atoms. The van der Waals surface area contributed by atoms with Gasteiger partial charge in [0.1, 0.15) is 0 Å². The molecule has 19 heavy (non-hydrogen) atoms. The largest absolute Gasteiger partial charge is 0.363 e. The van der Waals surface area contributed by atoms with E-state index in [2.05, 4.69) is 34.3 Å². The first kappa shape index (κ1) is 14.2. The van der Waals surface area contributed by atoms with Gasteiger partial charge in [0, 0.05) is 26.2 Å². The van der Waals surface area contributed by atoms with E-state index in [9.17, 15) is 4.79 Å². The molecule has 1 aromatic heterocycles. The fourth-order valence-corrected chi connectivity index (χ4v) is 3.18. The van der Waals surface area contributed by atoms with Crippen LogP contribution in [0.2, 0.25) is 0 Å². The third-order valence-electron chi connectivity index (χ3n) is 3.60. The van der Waals surface area contributed by atoms with Gasteiger partial charge in [-0.15, -0.1) is 10.2 Å². The maximum atomic E-state index is 12.3. The smallest absolute Gasteiger partial charge is 0.284 e. The molecule has 1 saturated heterocycles. The number of nitrogens with zero attached hydrogens (tertiary/aromatic N) is 4. The Bertz CT molecular complexity index is 432. The highest BCUT2D eigenvalue weighted by molar-refractivity contribution is 7.17. The van der Waals surface area contributed by atoms with Gasteiger partial charge in [-0.05, 0) is 19.5 Å². The summed E-state index contributed by atoms with van der Waals surface area (Å²) in [4.78, 5) is 16.6. The van der Waals surface area contributed by atoms with Gasteiger partial charge in [-0.2, -0.15) is 0 Å². The van der Waals surface area contributed by atoms with Crippen LogP contribution in [-0.2, 0) is 0 Å². The van der Waals surface area contributed by atoms with Gasteiger partial charge in [0.25, 0.3) is 5.91 Å². The molecule has 6 nitrogen and oxygen atoms in total. The van der Waals surface area contributed by atoms with Gasteiger partial charge >= 0.3 is 0 Å². The molecule has 1 fully saturated rings. The van der Waals surface area contributed by atoms with Crippen molar-refractivity contribution in [3.05, 3.63) is 5.01 Å². The molecule has 1 aliphatic heterocycles. The Labute approximate surface area is 117 Å². The van der Waals surface area contributed by atoms with Crippen molar-refractivity contribution >= 4 is 22.4 Å². The van der Waals surface area contributed by atoms with Crippen LogP contribution >= 0.6 is 11.3 Å². The molecule has 0 saturated carbocycles. The van der Waals surface area contributed by atoms with Crippen LogP contribution in [0.3, 0.4) is 0 Å². The normalized spacial score (nSPS) is 19.2. The first-order valence-corrected chi connectivity index (χ1v) is 7.55. The number of likely N-dealkylation sites (N-methyl/N-ethyl adjacent to an activating group) is 1. The second kappa shape index (κ2) is 6.29. The van der Waals surface area contributed by atoms with E-state index < -0.39 is 0 Å². The van der Waals surface area contributed by atoms with Crippen LogP contribution in [0.25, 0.3) is 0 Å². The van der Waals surface area contributed by atoms with Crippen LogP contribution in [0.4, 0.5) is 5.13 Å². The zero-order valence-electron chi connectivity index (χ0n) is 11.7. The Morgan fingerprint density at radius 3 is 2.79 bits per heavy atom. The molecule has 1 unspecified atom stereocenters. The summed E-state index contributed by atoms with van der Waals surface area (Å²) in [6.45, 7) is 8.01. The molecule has 2 heterocycles. The highest BCUT2D eigenvalue weighted by atomic mass is 32.1. The number of aromatic nitrogens is 2. The lowest BCUT2D eigenvalue weighted by Crippen LogP contribution is -2.38. The first-order chi connectivity index (χ1) is 9.19. The van der Waals surface area contributed by atoms with E-state index in [1.54, 1.807) is 7.05 Å². The second-order valence-corrected chi connectivity index (χ2v) is 5.55. The lowest BCUT2D eigenvalue weighted by Gasteiger charge is -2.25. The van der Waals surface area contributed by atoms with Crippen LogP contribution in [-0.4, -0.2) is 65.2 Å². The van der Waals surface area contributed by atoms with Gasteiger partial charge in [0.2, 0.25) is 10.1 Å². The Kier molecular flexibility index (Phi) is 4.71. The highest BCUT2D eigenvalue weighted by Crippen LogP contribution is 2.21. The number of anilines is 1. The van der Waals surface area contributed by atoms with Crippen molar-refractivity contribution in [1.29, 1.82) is 0 Å². The third-order valence-corrected chi connectivity index (χ3v) is 4.53. The fourth-order valence-electron chi connectivity index (χ4n) is 2.51. The maximum Gasteiger partial charge on any atom is 0.284 e. The Balaban J connectivity index is 1.98. The van der Waals surface area contributed by atoms with Gasteiger partial charge in [-0.3, -0.25) is 9.69 Å². The summed E-state index contributed by atoms with van der Waals surface area (Å²) in [6, 6.07) is 0.482. The van der Waals surface area contributed by atoms with E-state index in [1.807, 2.05) is 4.90 Å². The molecular weight excluding hydrogens is 262 g/mol. The van der Waals surface area contributed by atoms with E-state index in [1.165, 1.54) is 11.3 Å². The van der Waals surface area contributed by atoms with Crippen LogP contribution in [0, 0.1) is 0 Å². The average molecular weight is 283 g/mol. The molecule has 1 amide bonds. The van der Waals surface area contributed by atoms with Crippen LogP contribution in [0.5, 0.6) is 0 Å². The predicted octanol–water partition coefficient (Wildman–Crippen LogP) is 1.14. The number of hydrogen-bond donors (Lipinski definition) is 1. The van der Waals surface area contributed by atoms with Crippen LogP contribution in [0.15, 0.2) is 0 Å². The van der Waals surface area contributed by atoms with E-state index >= 15 is 0 Å². The van der Waals surface area contributed by atoms with Gasteiger partial charge < -0.3 is 10.2 Å². The summed E-state index contributed by atoms with van der Waals surface area (Å²) in [5.74, 6) is 0.00801. The van der Waals surface area contributed by atoms with Crippen molar-refractivity contribution in [3.63, 3.8) is 0 Å². The van der Waals surface area contributed by atoms with E-state index in [-0.39, 0.29) is 5.91 Å². The summed E-state index contributed by atoms with van der Waals surface area (Å²) in [7, 11) is 1.78. The third kappa shape index (κ3) is 3.03. The van der Waals surface area contributed by atoms with Crippen LogP contribution < -0.4 is 5.32 Å². The van der Waals surface area contributed by atoms with Crippen molar-refractivity contribution in [2.24, 2.45) is 0 Å². The zero-order valence-corrected chi connectivity index (χ0v) is 12.5. The van der Waals surface area contributed by atoms with Gasteiger partial charge in [-0.25, -0.2) is 0 Å². The molecule has 0 radical (unpaired) electrons. The number of nitrogens with one attached hydrogen (secondary N) is 1. The van der Waals surface area contributed by atoms with Crippen molar-refractivity contribution in [3.8, 4) is 0 Å². The lowest BCUT2D eigenvalue weighted by molar-refractivity contribution is 0.0776. The van der Waals surface area contributed by atoms with E-state index in [4.69, 9.17) is 0 Å². The molecule has 7 heteroatoms.